The number of nitrogens with one attached hydrogen (secondary N) is 1. The van der Waals surface area contributed by atoms with Crippen LogP contribution in [0.3, 0.4) is 0 Å². The van der Waals surface area contributed by atoms with E-state index in [2.05, 4.69) is 21.5 Å². The molecule has 8 nitrogen and oxygen atoms in total. The number of hydrogen-bond acceptors (Lipinski definition) is 5. The summed E-state index contributed by atoms with van der Waals surface area (Å²) in [5, 5.41) is 16.0. The van der Waals surface area contributed by atoms with E-state index in [1.807, 2.05) is 18.2 Å². The second-order valence-electron chi connectivity index (χ2n) is 4.82. The molecule has 3 heterocycles. The van der Waals surface area contributed by atoms with Gasteiger partial charge in [0, 0.05) is 31.4 Å². The summed E-state index contributed by atoms with van der Waals surface area (Å²) in [5.41, 5.74) is 0.859. The highest BCUT2D eigenvalue weighted by Crippen LogP contribution is 2.26. The number of amides is 2. The molecule has 1 aromatic heterocycles. The van der Waals surface area contributed by atoms with Gasteiger partial charge in [-0.15, -0.1) is 4.90 Å². The average molecular weight is 301 g/mol. The lowest BCUT2D eigenvalue weighted by Gasteiger charge is -2.23. The molecular weight excluding hydrogens is 286 g/mol. The second kappa shape index (κ2) is 6.32. The minimum atomic E-state index is -0.522. The van der Waals surface area contributed by atoms with Gasteiger partial charge in [-0.05, 0) is 24.3 Å². The van der Waals surface area contributed by atoms with E-state index in [0.29, 0.717) is 32.1 Å². The molecule has 2 aliphatic heterocycles. The molecule has 0 saturated carbocycles. The summed E-state index contributed by atoms with van der Waals surface area (Å²) in [5.74, 6) is 0.563. The number of aromatic nitrogens is 1. The van der Waals surface area contributed by atoms with Gasteiger partial charge in [-0.25, -0.2) is 9.78 Å². The second-order valence-corrected chi connectivity index (χ2v) is 4.82. The van der Waals surface area contributed by atoms with Crippen LogP contribution in [0.2, 0.25) is 0 Å². The molecule has 0 spiro atoms. The van der Waals surface area contributed by atoms with Gasteiger partial charge in [0.05, 0.1) is 6.61 Å². The van der Waals surface area contributed by atoms with Crippen LogP contribution in [0.5, 0.6) is 0 Å². The van der Waals surface area contributed by atoms with Gasteiger partial charge in [0.2, 0.25) is 12.0 Å². The van der Waals surface area contributed by atoms with Crippen LogP contribution in [0.15, 0.2) is 24.4 Å². The van der Waals surface area contributed by atoms with Gasteiger partial charge in [-0.2, -0.15) is 5.01 Å². The first kappa shape index (κ1) is 14.2. The molecule has 0 aromatic carbocycles. The normalized spacial score (nSPS) is 19.5. The van der Waals surface area contributed by atoms with Gasteiger partial charge >= 0.3 is 12.2 Å². The lowest BCUT2D eigenvalue weighted by Crippen LogP contribution is -2.38. The zero-order valence-electron chi connectivity index (χ0n) is 11.8. The number of nitrogens with zero attached hydrogens (tertiary/aromatic N) is 4. The molecule has 1 saturated heterocycles. The van der Waals surface area contributed by atoms with Crippen molar-refractivity contribution < 1.29 is 9.53 Å². The first-order valence-electron chi connectivity index (χ1n) is 6.94. The summed E-state index contributed by atoms with van der Waals surface area (Å²) in [6.45, 7) is 2.14. The van der Waals surface area contributed by atoms with Crippen LogP contribution >= 0.6 is 0 Å². The summed E-state index contributed by atoms with van der Waals surface area (Å²) in [7, 11) is 0. The minimum absolute atomic E-state index is 0.0839. The van der Waals surface area contributed by atoms with Crippen molar-refractivity contribution in [3.8, 4) is 6.19 Å². The molecule has 8 heteroatoms. The third-order valence-corrected chi connectivity index (χ3v) is 3.48. The Labute approximate surface area is 127 Å². The van der Waals surface area contributed by atoms with E-state index in [1.165, 1.54) is 4.90 Å². The Balaban J connectivity index is 1.65. The minimum Gasteiger partial charge on any atom is -0.611 e. The van der Waals surface area contributed by atoms with E-state index in [0.717, 1.165) is 5.56 Å². The van der Waals surface area contributed by atoms with Crippen molar-refractivity contribution in [1.29, 1.82) is 0 Å². The van der Waals surface area contributed by atoms with E-state index >= 15 is 0 Å². The predicted octanol–water partition coefficient (Wildman–Crippen LogP) is 1.07. The van der Waals surface area contributed by atoms with Crippen LogP contribution in [0.4, 0.5) is 10.6 Å². The predicted molar refractivity (Wildman–Crippen MR) is 81.1 cm³/mol. The Morgan fingerprint density at radius 1 is 1.59 bits per heavy atom. The van der Waals surface area contributed by atoms with E-state index < -0.39 is 6.23 Å². The van der Waals surface area contributed by atoms with Gasteiger partial charge in [0.1, 0.15) is 0 Å². The van der Waals surface area contributed by atoms with Crippen molar-refractivity contribution in [3.05, 3.63) is 40.2 Å². The molecule has 22 heavy (non-hydrogen) atoms. The molecule has 1 N–H and O–H groups in total. The van der Waals surface area contributed by atoms with Gasteiger partial charge in [0.25, 0.3) is 0 Å². The van der Waals surface area contributed by atoms with Crippen LogP contribution < -0.4 is 10.2 Å². The van der Waals surface area contributed by atoms with Crippen molar-refractivity contribution in [2.45, 2.75) is 6.23 Å². The number of anilines is 1. The van der Waals surface area contributed by atoms with Gasteiger partial charge in [0.15, 0.2) is 0 Å². The van der Waals surface area contributed by atoms with Gasteiger partial charge < -0.3 is 20.2 Å². The van der Waals surface area contributed by atoms with Gasteiger partial charge in [-0.3, -0.25) is 0 Å². The number of urea groups is 1. The standard InChI is InChI=1S/C14H15N5O3/c20-14-16-6-7-18(14)8-9-22-12-4-3-11-2-1-5-15-13(11)19(12)10-17-21/h1-5,12H,6-9H2,(H,16,20). The van der Waals surface area contributed by atoms with E-state index in [1.54, 1.807) is 17.2 Å². The summed E-state index contributed by atoms with van der Waals surface area (Å²) in [6.07, 6.45) is 7.13. The van der Waals surface area contributed by atoms with Crippen LogP contribution in [-0.2, 0) is 4.74 Å². The summed E-state index contributed by atoms with van der Waals surface area (Å²) in [6, 6.07) is 3.60. The van der Waals surface area contributed by atoms with Crippen LogP contribution in [0, 0.1) is 11.4 Å². The molecule has 1 fully saturated rings. The van der Waals surface area contributed by atoms with Gasteiger partial charge in [-0.1, -0.05) is 0 Å². The third-order valence-electron chi connectivity index (χ3n) is 3.48. The highest BCUT2D eigenvalue weighted by atomic mass is 16.5. The van der Waals surface area contributed by atoms with Crippen molar-refractivity contribution in [1.82, 2.24) is 15.2 Å². The number of carbonyl (C=O) groups is 1. The average Bonchev–Trinajstić information content (AvgIpc) is 2.95. The Morgan fingerprint density at radius 2 is 2.50 bits per heavy atom. The molecule has 1 unspecified atom stereocenters. The zero-order valence-corrected chi connectivity index (χ0v) is 11.8. The van der Waals surface area contributed by atoms with Crippen molar-refractivity contribution >= 4 is 17.9 Å². The largest absolute Gasteiger partial charge is 0.611 e. The number of fused-ring (bicyclic) bond motifs is 1. The monoisotopic (exact) mass is 301 g/mol. The molecule has 3 rings (SSSR count). The molecule has 0 bridgehead atoms. The number of pyridine rings is 1. The zero-order chi connectivity index (χ0) is 15.4. The van der Waals surface area contributed by atoms with E-state index in [9.17, 15) is 10.0 Å². The smallest absolute Gasteiger partial charge is 0.391 e. The molecular formula is C14H15N5O3. The molecule has 1 aromatic rings. The van der Waals surface area contributed by atoms with Crippen molar-refractivity contribution in [2.24, 2.45) is 0 Å². The fraction of sp³-hybridized carbons (Fsp3) is 0.357. The molecule has 0 aliphatic carbocycles. The van der Waals surface area contributed by atoms with Crippen molar-refractivity contribution in [2.75, 3.05) is 31.1 Å². The topological polar surface area (TPSA) is 85.1 Å². The maximum atomic E-state index is 11.4. The number of hydrogen-bond donors (Lipinski definition) is 1. The first-order valence-corrected chi connectivity index (χ1v) is 6.94. The SMILES string of the molecule is O=C1NCCN1CCOC1C=Cc2cccnc2N1C#[N+][O-]. The fourth-order valence-corrected chi connectivity index (χ4v) is 2.42. The van der Waals surface area contributed by atoms with E-state index in [-0.39, 0.29) is 6.03 Å². The van der Waals surface area contributed by atoms with Crippen LogP contribution in [0.25, 0.3) is 11.1 Å². The highest BCUT2D eigenvalue weighted by Gasteiger charge is 2.31. The third kappa shape index (κ3) is 2.80. The molecule has 114 valence electrons. The Bertz CT molecular complexity index is 651. The molecule has 2 aliphatic rings. The Hall–Kier alpha value is -2.79. The Morgan fingerprint density at radius 3 is 3.27 bits per heavy atom. The summed E-state index contributed by atoms with van der Waals surface area (Å²) < 4.78 is 5.73. The lowest BCUT2D eigenvalue weighted by molar-refractivity contribution is 0.0770. The molecule has 1 atom stereocenters. The first-order chi connectivity index (χ1) is 10.8. The maximum Gasteiger partial charge on any atom is 0.391 e. The van der Waals surface area contributed by atoms with Crippen LogP contribution in [-0.4, -0.2) is 48.4 Å². The summed E-state index contributed by atoms with van der Waals surface area (Å²) in [4.78, 5) is 18.8. The van der Waals surface area contributed by atoms with E-state index in [4.69, 9.17) is 4.74 Å². The van der Waals surface area contributed by atoms with Crippen molar-refractivity contribution in [3.63, 3.8) is 0 Å². The van der Waals surface area contributed by atoms with Crippen LogP contribution in [0.1, 0.15) is 5.56 Å². The Kier molecular flexibility index (Phi) is 4.07. The quantitative estimate of drug-likeness (QED) is 0.664. The highest BCUT2D eigenvalue weighted by molar-refractivity contribution is 5.76. The molecule has 2 amide bonds. The number of carbonyl (C=O) groups excluding carboxylic acids is 1. The maximum absolute atomic E-state index is 11.4. The molecule has 0 radical (unpaired) electrons. The lowest BCUT2D eigenvalue weighted by atomic mass is 10.1. The fourth-order valence-electron chi connectivity index (χ4n) is 2.42. The number of ether oxygens (including phenoxy) is 1. The number of rotatable bonds is 4. The summed E-state index contributed by atoms with van der Waals surface area (Å²) >= 11 is 0.